The SMILES string of the molecule is CCS(=O)(=O)N1CC(CC#N)(n2cc(-c3ncnc4c3ccn4SF)cn2)C1. The summed E-state index contributed by atoms with van der Waals surface area (Å²) in [5, 5.41) is 14.3. The van der Waals surface area contributed by atoms with Gasteiger partial charge in [0.25, 0.3) is 0 Å². The fourth-order valence-electron chi connectivity index (χ4n) is 3.39. The first kappa shape index (κ1) is 18.9. The zero-order valence-electron chi connectivity index (χ0n) is 14.9. The minimum absolute atomic E-state index is 0.0164. The number of hydrogen-bond donors (Lipinski definition) is 0. The lowest BCUT2D eigenvalue weighted by atomic mass is 9.89. The summed E-state index contributed by atoms with van der Waals surface area (Å²) in [7, 11) is -3.31. The smallest absolute Gasteiger partial charge is 0.213 e. The van der Waals surface area contributed by atoms with E-state index in [2.05, 4.69) is 21.1 Å². The molecule has 12 heteroatoms. The Hall–Kier alpha value is -2.49. The normalized spacial score (nSPS) is 16.8. The Kier molecular flexibility index (Phi) is 4.60. The molecular weight excluding hydrogens is 405 g/mol. The fraction of sp³-hybridized carbons (Fsp3) is 0.375. The van der Waals surface area contributed by atoms with Gasteiger partial charge in [0, 0.05) is 36.4 Å². The van der Waals surface area contributed by atoms with Gasteiger partial charge in [-0.15, -0.1) is 3.89 Å². The third kappa shape index (κ3) is 2.86. The average molecular weight is 421 g/mol. The van der Waals surface area contributed by atoms with Crippen molar-refractivity contribution >= 4 is 33.4 Å². The lowest BCUT2D eigenvalue weighted by molar-refractivity contribution is 0.0719. The van der Waals surface area contributed by atoms with Crippen LogP contribution in [0.15, 0.2) is 31.0 Å². The van der Waals surface area contributed by atoms with Gasteiger partial charge in [-0.25, -0.2) is 22.4 Å². The number of halogens is 1. The van der Waals surface area contributed by atoms with Crippen molar-refractivity contribution in [3.05, 3.63) is 31.0 Å². The van der Waals surface area contributed by atoms with E-state index in [0.717, 1.165) is 0 Å². The van der Waals surface area contributed by atoms with E-state index in [1.165, 1.54) is 14.6 Å². The van der Waals surface area contributed by atoms with Crippen LogP contribution in [0.5, 0.6) is 0 Å². The van der Waals surface area contributed by atoms with Gasteiger partial charge < -0.3 is 0 Å². The molecule has 3 aromatic rings. The van der Waals surface area contributed by atoms with E-state index in [-0.39, 0.29) is 37.6 Å². The summed E-state index contributed by atoms with van der Waals surface area (Å²) in [5.41, 5.74) is 1.01. The van der Waals surface area contributed by atoms with Gasteiger partial charge in [-0.2, -0.15) is 14.7 Å². The van der Waals surface area contributed by atoms with Crippen LogP contribution >= 0.6 is 12.3 Å². The van der Waals surface area contributed by atoms with Crippen molar-refractivity contribution in [3.63, 3.8) is 0 Å². The molecule has 0 N–H and O–H groups in total. The number of aromatic nitrogens is 5. The standard InChI is InChI=1S/C16H16FN7O2S2/c1-2-28(25,26)22-9-16(10-22,4-5-18)24-8-12(7-21-24)14-13-3-6-23(27-17)15(13)20-11-19-14/h3,6-8,11H,2,4,9-10H2,1H3. The van der Waals surface area contributed by atoms with Gasteiger partial charge in [-0.3, -0.25) is 4.68 Å². The highest BCUT2D eigenvalue weighted by atomic mass is 32.2. The van der Waals surface area contributed by atoms with E-state index in [4.69, 9.17) is 0 Å². The zero-order chi connectivity index (χ0) is 19.9. The number of nitriles is 1. The third-order valence-corrected chi connectivity index (χ3v) is 7.19. The first-order valence-electron chi connectivity index (χ1n) is 8.45. The number of nitrogens with zero attached hydrogens (tertiary/aromatic N) is 7. The Morgan fingerprint density at radius 3 is 2.86 bits per heavy atom. The van der Waals surface area contributed by atoms with Crippen LogP contribution in [0.1, 0.15) is 13.3 Å². The summed E-state index contributed by atoms with van der Waals surface area (Å²) in [6.07, 6.45) is 6.41. The Bertz CT molecular complexity index is 1180. The molecule has 1 fully saturated rings. The number of fused-ring (bicyclic) bond motifs is 1. The molecule has 9 nitrogen and oxygen atoms in total. The molecule has 1 aliphatic heterocycles. The van der Waals surface area contributed by atoms with Crippen LogP contribution in [0, 0.1) is 11.3 Å². The molecule has 1 aliphatic rings. The van der Waals surface area contributed by atoms with Crippen LogP contribution in [0.4, 0.5) is 3.89 Å². The first-order chi connectivity index (χ1) is 13.4. The van der Waals surface area contributed by atoms with Gasteiger partial charge in [0.2, 0.25) is 10.0 Å². The molecule has 0 spiro atoms. The topological polar surface area (TPSA) is 110 Å². The van der Waals surface area contributed by atoms with Crippen LogP contribution < -0.4 is 0 Å². The Morgan fingerprint density at radius 2 is 2.18 bits per heavy atom. The second-order valence-corrected chi connectivity index (χ2v) is 9.36. The molecule has 4 heterocycles. The molecular formula is C16H16FN7O2S2. The summed E-state index contributed by atoms with van der Waals surface area (Å²) >= 11 is 0.0494. The second kappa shape index (κ2) is 6.84. The Morgan fingerprint density at radius 1 is 1.39 bits per heavy atom. The predicted octanol–water partition coefficient (Wildman–Crippen LogP) is 1.95. The fourth-order valence-corrected chi connectivity index (χ4v) is 4.95. The quantitative estimate of drug-likeness (QED) is 0.598. The van der Waals surface area contributed by atoms with Crippen LogP contribution in [0.2, 0.25) is 0 Å². The van der Waals surface area contributed by atoms with Gasteiger partial charge in [-0.1, -0.05) is 0 Å². The Balaban J connectivity index is 1.70. The van der Waals surface area contributed by atoms with Gasteiger partial charge in [-0.05, 0) is 13.0 Å². The molecule has 146 valence electrons. The molecule has 28 heavy (non-hydrogen) atoms. The molecule has 4 rings (SSSR count). The molecule has 0 unspecified atom stereocenters. The van der Waals surface area contributed by atoms with Gasteiger partial charge in [0.05, 0.1) is 30.1 Å². The van der Waals surface area contributed by atoms with Crippen LogP contribution in [-0.4, -0.2) is 55.3 Å². The molecule has 0 saturated carbocycles. The van der Waals surface area contributed by atoms with E-state index in [0.29, 0.717) is 22.3 Å². The highest BCUT2D eigenvalue weighted by Gasteiger charge is 2.49. The molecule has 0 radical (unpaired) electrons. The number of rotatable bonds is 6. The number of hydrogen-bond acceptors (Lipinski definition) is 7. The van der Waals surface area contributed by atoms with Gasteiger partial charge in [0.1, 0.15) is 11.9 Å². The van der Waals surface area contributed by atoms with Crippen LogP contribution in [0.25, 0.3) is 22.3 Å². The van der Waals surface area contributed by atoms with E-state index in [1.54, 1.807) is 36.3 Å². The van der Waals surface area contributed by atoms with E-state index < -0.39 is 15.6 Å². The molecule has 3 aromatic heterocycles. The predicted molar refractivity (Wildman–Crippen MR) is 102 cm³/mol. The van der Waals surface area contributed by atoms with Crippen molar-refractivity contribution in [1.82, 2.24) is 28.0 Å². The van der Waals surface area contributed by atoms with Crippen LogP contribution in [-0.2, 0) is 15.6 Å². The van der Waals surface area contributed by atoms with Crippen molar-refractivity contribution in [2.24, 2.45) is 0 Å². The minimum atomic E-state index is -3.31. The van der Waals surface area contributed by atoms with Gasteiger partial charge >= 0.3 is 0 Å². The van der Waals surface area contributed by atoms with Crippen molar-refractivity contribution in [3.8, 4) is 17.3 Å². The Labute approximate surface area is 165 Å². The summed E-state index contributed by atoms with van der Waals surface area (Å²) < 4.78 is 41.4. The van der Waals surface area contributed by atoms with Gasteiger partial charge in [0.15, 0.2) is 18.0 Å². The monoisotopic (exact) mass is 421 g/mol. The average Bonchev–Trinajstić information content (AvgIpc) is 3.31. The van der Waals surface area contributed by atoms with E-state index in [9.17, 15) is 17.6 Å². The highest BCUT2D eigenvalue weighted by Crippen LogP contribution is 2.36. The molecule has 0 aromatic carbocycles. The zero-order valence-corrected chi connectivity index (χ0v) is 16.5. The largest absolute Gasteiger partial charge is 0.262 e. The van der Waals surface area contributed by atoms with Crippen molar-refractivity contribution < 1.29 is 12.3 Å². The molecule has 0 aliphatic carbocycles. The summed E-state index contributed by atoms with van der Waals surface area (Å²) in [4.78, 5) is 8.40. The molecule has 0 bridgehead atoms. The van der Waals surface area contributed by atoms with E-state index >= 15 is 0 Å². The second-order valence-electron chi connectivity index (χ2n) is 6.57. The highest BCUT2D eigenvalue weighted by molar-refractivity contribution is 7.92. The molecule has 0 amide bonds. The van der Waals surface area contributed by atoms with Crippen molar-refractivity contribution in [2.45, 2.75) is 18.9 Å². The maximum absolute atomic E-state index is 13.0. The summed E-state index contributed by atoms with van der Waals surface area (Å²) in [6.45, 7) is 1.99. The summed E-state index contributed by atoms with van der Waals surface area (Å²) in [5.74, 6) is 0.0164. The molecule has 0 atom stereocenters. The number of sulfonamides is 1. The maximum Gasteiger partial charge on any atom is 0.213 e. The lowest BCUT2D eigenvalue weighted by Gasteiger charge is -2.47. The molecule has 1 saturated heterocycles. The van der Waals surface area contributed by atoms with Crippen molar-refractivity contribution in [2.75, 3.05) is 18.8 Å². The lowest BCUT2D eigenvalue weighted by Crippen LogP contribution is -2.64. The van der Waals surface area contributed by atoms with Crippen molar-refractivity contribution in [1.29, 1.82) is 5.26 Å². The van der Waals surface area contributed by atoms with Crippen LogP contribution in [0.3, 0.4) is 0 Å². The third-order valence-electron chi connectivity index (χ3n) is 4.97. The maximum atomic E-state index is 13.0. The van der Waals surface area contributed by atoms with E-state index in [1.807, 2.05) is 0 Å². The minimum Gasteiger partial charge on any atom is -0.262 e. The summed E-state index contributed by atoms with van der Waals surface area (Å²) in [6, 6.07) is 3.85. The first-order valence-corrected chi connectivity index (χ1v) is 10.7.